The summed E-state index contributed by atoms with van der Waals surface area (Å²) in [5.41, 5.74) is 3.07. The van der Waals surface area contributed by atoms with Gasteiger partial charge in [-0.3, -0.25) is 10.1 Å². The zero-order chi connectivity index (χ0) is 18.4. The van der Waals surface area contributed by atoms with Crippen LogP contribution >= 0.6 is 28.1 Å². The van der Waals surface area contributed by atoms with Crippen LogP contribution in [0.1, 0.15) is 36.6 Å². The first-order valence-corrected chi connectivity index (χ1v) is 9.08. The Labute approximate surface area is 161 Å². The SMILES string of the molecule is Cc1nc(NC(=S)NC(=O)/C=C/c2ccc(C(C)C)cc2)ccc1Br. The third-order valence-electron chi connectivity index (χ3n) is 3.53. The van der Waals surface area contributed by atoms with Gasteiger partial charge in [-0.05, 0) is 70.3 Å². The van der Waals surface area contributed by atoms with Crippen LogP contribution in [0.2, 0.25) is 0 Å². The Hall–Kier alpha value is -2.05. The number of hydrogen-bond donors (Lipinski definition) is 2. The van der Waals surface area contributed by atoms with Crippen LogP contribution in [0.4, 0.5) is 5.82 Å². The van der Waals surface area contributed by atoms with Gasteiger partial charge in [-0.25, -0.2) is 4.98 Å². The average molecular weight is 418 g/mol. The summed E-state index contributed by atoms with van der Waals surface area (Å²) in [4.78, 5) is 16.3. The predicted molar refractivity (Wildman–Crippen MR) is 111 cm³/mol. The predicted octanol–water partition coefficient (Wildman–Crippen LogP) is 4.80. The number of anilines is 1. The summed E-state index contributed by atoms with van der Waals surface area (Å²) in [5, 5.41) is 5.71. The van der Waals surface area contributed by atoms with E-state index in [0.717, 1.165) is 15.7 Å². The molecule has 2 N–H and O–H groups in total. The van der Waals surface area contributed by atoms with E-state index in [0.29, 0.717) is 11.7 Å². The first-order chi connectivity index (χ1) is 11.8. The number of carbonyl (C=O) groups is 1. The topological polar surface area (TPSA) is 54.0 Å². The van der Waals surface area contributed by atoms with Gasteiger partial charge in [0.25, 0.3) is 0 Å². The molecule has 1 aromatic heterocycles. The van der Waals surface area contributed by atoms with Crippen molar-refractivity contribution in [3.63, 3.8) is 0 Å². The molecule has 0 aliphatic rings. The van der Waals surface area contributed by atoms with E-state index < -0.39 is 0 Å². The van der Waals surface area contributed by atoms with Gasteiger partial charge in [0.15, 0.2) is 5.11 Å². The second kappa shape index (κ2) is 8.87. The maximum absolute atomic E-state index is 12.0. The van der Waals surface area contributed by atoms with Gasteiger partial charge in [-0.2, -0.15) is 0 Å². The third kappa shape index (κ3) is 6.07. The second-order valence-corrected chi connectivity index (χ2v) is 7.12. The molecule has 1 amide bonds. The normalized spacial score (nSPS) is 10.9. The average Bonchev–Trinajstić information content (AvgIpc) is 2.56. The van der Waals surface area contributed by atoms with Crippen molar-refractivity contribution >= 4 is 51.1 Å². The molecule has 0 saturated heterocycles. The summed E-state index contributed by atoms with van der Waals surface area (Å²) in [6, 6.07) is 11.8. The maximum atomic E-state index is 12.0. The van der Waals surface area contributed by atoms with E-state index >= 15 is 0 Å². The van der Waals surface area contributed by atoms with Gasteiger partial charge in [-0.1, -0.05) is 38.1 Å². The molecule has 0 fully saturated rings. The molecule has 6 heteroatoms. The van der Waals surface area contributed by atoms with Crippen LogP contribution in [-0.2, 0) is 4.79 Å². The fourth-order valence-electron chi connectivity index (χ4n) is 2.08. The van der Waals surface area contributed by atoms with Crippen molar-refractivity contribution < 1.29 is 4.79 Å². The van der Waals surface area contributed by atoms with Gasteiger partial charge >= 0.3 is 0 Å². The monoisotopic (exact) mass is 417 g/mol. The first kappa shape index (κ1) is 19.3. The first-order valence-electron chi connectivity index (χ1n) is 7.88. The molecule has 0 spiro atoms. The molecule has 0 aliphatic carbocycles. The molecule has 0 saturated carbocycles. The zero-order valence-electron chi connectivity index (χ0n) is 14.3. The summed E-state index contributed by atoms with van der Waals surface area (Å²) in [5.74, 6) is 0.777. The molecule has 4 nitrogen and oxygen atoms in total. The number of amides is 1. The van der Waals surface area contributed by atoms with Crippen LogP contribution in [0.3, 0.4) is 0 Å². The van der Waals surface area contributed by atoms with Gasteiger partial charge in [0.2, 0.25) is 5.91 Å². The summed E-state index contributed by atoms with van der Waals surface area (Å²) >= 11 is 8.53. The highest BCUT2D eigenvalue weighted by atomic mass is 79.9. The number of rotatable bonds is 4. The van der Waals surface area contributed by atoms with E-state index in [1.165, 1.54) is 11.6 Å². The highest BCUT2D eigenvalue weighted by Crippen LogP contribution is 2.16. The number of nitrogens with zero attached hydrogens (tertiary/aromatic N) is 1. The van der Waals surface area contributed by atoms with Crippen LogP contribution < -0.4 is 10.6 Å². The lowest BCUT2D eigenvalue weighted by molar-refractivity contribution is -0.115. The van der Waals surface area contributed by atoms with E-state index in [2.05, 4.69) is 57.5 Å². The molecule has 1 aromatic carbocycles. The van der Waals surface area contributed by atoms with Crippen molar-refractivity contribution in [1.82, 2.24) is 10.3 Å². The Morgan fingerprint density at radius 1 is 1.20 bits per heavy atom. The van der Waals surface area contributed by atoms with Crippen molar-refractivity contribution in [2.75, 3.05) is 5.32 Å². The van der Waals surface area contributed by atoms with Gasteiger partial charge < -0.3 is 5.32 Å². The van der Waals surface area contributed by atoms with Crippen molar-refractivity contribution in [3.05, 3.63) is 63.8 Å². The Morgan fingerprint density at radius 2 is 1.88 bits per heavy atom. The molecular weight excluding hydrogens is 398 g/mol. The number of halogens is 1. The molecule has 2 aromatic rings. The second-order valence-electron chi connectivity index (χ2n) is 5.86. The van der Waals surface area contributed by atoms with Crippen molar-refractivity contribution in [1.29, 1.82) is 0 Å². The molecule has 0 radical (unpaired) electrons. The number of carbonyl (C=O) groups excluding carboxylic acids is 1. The molecular formula is C19H20BrN3OS. The van der Waals surface area contributed by atoms with Crippen molar-refractivity contribution in [2.45, 2.75) is 26.7 Å². The van der Waals surface area contributed by atoms with E-state index in [1.54, 1.807) is 12.1 Å². The van der Waals surface area contributed by atoms with Crippen molar-refractivity contribution in [2.24, 2.45) is 0 Å². The number of aryl methyl sites for hydroxylation is 1. The summed E-state index contributed by atoms with van der Waals surface area (Å²) < 4.78 is 0.916. The number of aromatic nitrogens is 1. The number of thiocarbonyl (C=S) groups is 1. The van der Waals surface area contributed by atoms with Crippen LogP contribution in [0, 0.1) is 6.92 Å². The molecule has 0 atom stereocenters. The molecule has 1 heterocycles. The highest BCUT2D eigenvalue weighted by Gasteiger charge is 2.04. The van der Waals surface area contributed by atoms with E-state index in [4.69, 9.17) is 12.2 Å². The van der Waals surface area contributed by atoms with Crippen LogP contribution in [0.25, 0.3) is 6.08 Å². The Balaban J connectivity index is 1.90. The van der Waals surface area contributed by atoms with Crippen molar-refractivity contribution in [3.8, 4) is 0 Å². The number of hydrogen-bond acceptors (Lipinski definition) is 3. The summed E-state index contributed by atoms with van der Waals surface area (Å²) in [6.45, 7) is 6.17. The molecule has 25 heavy (non-hydrogen) atoms. The molecule has 0 unspecified atom stereocenters. The highest BCUT2D eigenvalue weighted by molar-refractivity contribution is 9.10. The molecule has 2 rings (SSSR count). The van der Waals surface area contributed by atoms with Crippen LogP contribution in [0.15, 0.2) is 46.9 Å². The Bertz CT molecular complexity index is 801. The van der Waals surface area contributed by atoms with Gasteiger partial charge in [0.05, 0.1) is 5.69 Å². The largest absolute Gasteiger partial charge is 0.317 e. The smallest absolute Gasteiger partial charge is 0.250 e. The number of pyridine rings is 1. The Morgan fingerprint density at radius 3 is 2.48 bits per heavy atom. The van der Waals surface area contributed by atoms with Crippen LogP contribution in [0.5, 0.6) is 0 Å². The molecule has 0 bridgehead atoms. The summed E-state index contributed by atoms with van der Waals surface area (Å²) in [6.07, 6.45) is 3.21. The molecule has 130 valence electrons. The lowest BCUT2D eigenvalue weighted by Crippen LogP contribution is -2.33. The fraction of sp³-hybridized carbons (Fsp3) is 0.211. The minimum Gasteiger partial charge on any atom is -0.317 e. The fourth-order valence-corrected chi connectivity index (χ4v) is 2.50. The zero-order valence-corrected chi connectivity index (χ0v) is 16.7. The number of benzene rings is 1. The van der Waals surface area contributed by atoms with E-state index in [9.17, 15) is 4.79 Å². The van der Waals surface area contributed by atoms with E-state index in [1.807, 2.05) is 25.1 Å². The summed E-state index contributed by atoms with van der Waals surface area (Å²) in [7, 11) is 0. The third-order valence-corrected chi connectivity index (χ3v) is 4.57. The van der Waals surface area contributed by atoms with Gasteiger partial charge in [0.1, 0.15) is 5.82 Å². The standard InChI is InChI=1S/C19H20BrN3OS/c1-12(2)15-7-4-14(5-8-15)6-11-18(24)23-19(25)22-17-10-9-16(20)13(3)21-17/h4-12H,1-3H3,(H2,21,22,23,24,25)/b11-6+. The van der Waals surface area contributed by atoms with Gasteiger partial charge in [-0.15, -0.1) is 0 Å². The minimum atomic E-state index is -0.292. The molecule has 0 aliphatic heterocycles. The lowest BCUT2D eigenvalue weighted by atomic mass is 10.0. The van der Waals surface area contributed by atoms with Gasteiger partial charge in [0, 0.05) is 10.5 Å². The minimum absolute atomic E-state index is 0.207. The lowest BCUT2D eigenvalue weighted by Gasteiger charge is -2.08. The maximum Gasteiger partial charge on any atom is 0.250 e. The quantitative estimate of drug-likeness (QED) is 0.553. The number of nitrogens with one attached hydrogen (secondary N) is 2. The van der Waals surface area contributed by atoms with E-state index in [-0.39, 0.29) is 11.0 Å². The van der Waals surface area contributed by atoms with Crippen LogP contribution in [-0.4, -0.2) is 16.0 Å². The Kier molecular flexibility index (Phi) is 6.84.